The predicted octanol–water partition coefficient (Wildman–Crippen LogP) is 3.78. The Bertz CT molecular complexity index is 392. The van der Waals surface area contributed by atoms with E-state index in [0.717, 1.165) is 23.1 Å². The fourth-order valence-corrected chi connectivity index (χ4v) is 3.12. The number of phenols is 1. The molecule has 2 rings (SSSR count). The number of phenolic OH excluding ortho intramolecular Hbond substituents is 1. The molecule has 1 aromatic rings. The first-order valence-electron chi connectivity index (χ1n) is 6.30. The minimum absolute atomic E-state index is 0.391. The molecule has 0 saturated carbocycles. The van der Waals surface area contributed by atoms with Crippen LogP contribution < -0.4 is 0 Å². The summed E-state index contributed by atoms with van der Waals surface area (Å²) in [4.78, 5) is 2.49. The van der Waals surface area contributed by atoms with E-state index in [1.807, 2.05) is 18.2 Å². The summed E-state index contributed by atoms with van der Waals surface area (Å²) in [6.07, 6.45) is 2.56. The molecule has 1 saturated heterocycles. The van der Waals surface area contributed by atoms with Crippen molar-refractivity contribution in [1.29, 1.82) is 0 Å². The number of halogens is 1. The van der Waals surface area contributed by atoms with Gasteiger partial charge in [0.25, 0.3) is 0 Å². The van der Waals surface area contributed by atoms with Gasteiger partial charge in [-0.2, -0.15) is 0 Å². The number of likely N-dealkylation sites (tertiary alicyclic amines) is 1. The fourth-order valence-electron chi connectivity index (χ4n) is 2.71. The maximum atomic E-state index is 10.0. The summed E-state index contributed by atoms with van der Waals surface area (Å²) in [7, 11) is 0. The lowest BCUT2D eigenvalue weighted by Crippen LogP contribution is -2.32. The molecule has 0 radical (unpaired) electrons. The van der Waals surface area contributed by atoms with Crippen molar-refractivity contribution in [2.75, 3.05) is 6.54 Å². The Labute approximate surface area is 112 Å². The molecule has 0 spiro atoms. The molecule has 1 unspecified atom stereocenters. The average molecular weight is 298 g/mol. The highest BCUT2D eigenvalue weighted by molar-refractivity contribution is 9.10. The number of rotatable bonds is 3. The van der Waals surface area contributed by atoms with Crippen LogP contribution in [0.15, 0.2) is 22.7 Å². The van der Waals surface area contributed by atoms with Gasteiger partial charge in [-0.15, -0.1) is 0 Å². The number of aromatic hydroxyl groups is 1. The van der Waals surface area contributed by atoms with Gasteiger partial charge in [-0.1, -0.05) is 26.0 Å². The summed E-state index contributed by atoms with van der Waals surface area (Å²) in [5, 5.41) is 10.0. The molecule has 17 heavy (non-hydrogen) atoms. The number of para-hydroxylation sites is 1. The third-order valence-electron chi connectivity index (χ3n) is 3.63. The zero-order valence-corrected chi connectivity index (χ0v) is 12.1. The lowest BCUT2D eigenvalue weighted by Gasteiger charge is -2.27. The van der Waals surface area contributed by atoms with E-state index in [9.17, 15) is 5.11 Å². The Morgan fingerprint density at radius 3 is 2.94 bits per heavy atom. The highest BCUT2D eigenvalue weighted by Crippen LogP contribution is 2.31. The molecule has 1 N–H and O–H groups in total. The van der Waals surface area contributed by atoms with Crippen molar-refractivity contribution < 1.29 is 5.11 Å². The highest BCUT2D eigenvalue weighted by atomic mass is 79.9. The van der Waals surface area contributed by atoms with Crippen LogP contribution in [0.5, 0.6) is 5.75 Å². The Hall–Kier alpha value is -0.540. The number of hydrogen-bond donors (Lipinski definition) is 1. The normalized spacial score (nSPS) is 21.3. The van der Waals surface area contributed by atoms with Crippen molar-refractivity contribution in [3.05, 3.63) is 28.2 Å². The minimum Gasteiger partial charge on any atom is -0.506 e. The van der Waals surface area contributed by atoms with E-state index in [1.54, 1.807) is 0 Å². The number of nitrogens with zero attached hydrogens (tertiary/aromatic N) is 1. The average Bonchev–Trinajstić information content (AvgIpc) is 2.73. The summed E-state index contributed by atoms with van der Waals surface area (Å²) in [5.41, 5.74) is 1.02. The van der Waals surface area contributed by atoms with Gasteiger partial charge < -0.3 is 5.11 Å². The van der Waals surface area contributed by atoms with Gasteiger partial charge in [-0.3, -0.25) is 4.90 Å². The second kappa shape index (κ2) is 5.40. The van der Waals surface area contributed by atoms with Gasteiger partial charge in [0.1, 0.15) is 5.75 Å². The Balaban J connectivity index is 2.12. The maximum absolute atomic E-state index is 10.0. The Kier molecular flexibility index (Phi) is 4.10. The van der Waals surface area contributed by atoms with E-state index < -0.39 is 0 Å². The first kappa shape index (κ1) is 12.9. The van der Waals surface area contributed by atoms with Gasteiger partial charge in [-0.25, -0.2) is 0 Å². The van der Waals surface area contributed by atoms with E-state index in [1.165, 1.54) is 12.8 Å². The van der Waals surface area contributed by atoms with Crippen LogP contribution in [0.3, 0.4) is 0 Å². The zero-order chi connectivity index (χ0) is 12.4. The number of hydrogen-bond acceptors (Lipinski definition) is 2. The topological polar surface area (TPSA) is 23.5 Å². The zero-order valence-electron chi connectivity index (χ0n) is 10.5. The van der Waals surface area contributed by atoms with Gasteiger partial charge in [0.2, 0.25) is 0 Å². The van der Waals surface area contributed by atoms with Crippen LogP contribution in [-0.4, -0.2) is 22.6 Å². The van der Waals surface area contributed by atoms with E-state index in [0.29, 0.717) is 17.7 Å². The van der Waals surface area contributed by atoms with Crippen molar-refractivity contribution in [1.82, 2.24) is 4.90 Å². The molecule has 2 nitrogen and oxygen atoms in total. The predicted molar refractivity (Wildman–Crippen MR) is 74.1 cm³/mol. The molecule has 1 aliphatic rings. The van der Waals surface area contributed by atoms with Gasteiger partial charge in [0, 0.05) is 18.2 Å². The molecule has 0 aliphatic carbocycles. The van der Waals surface area contributed by atoms with Crippen molar-refractivity contribution >= 4 is 15.9 Å². The molecular weight excluding hydrogens is 278 g/mol. The van der Waals surface area contributed by atoms with Gasteiger partial charge >= 0.3 is 0 Å². The fraction of sp³-hybridized carbons (Fsp3) is 0.571. The lowest BCUT2D eigenvalue weighted by atomic mass is 10.0. The van der Waals surface area contributed by atoms with Crippen LogP contribution in [0.25, 0.3) is 0 Å². The molecule has 0 bridgehead atoms. The molecule has 3 heteroatoms. The van der Waals surface area contributed by atoms with Crippen LogP contribution in [0.4, 0.5) is 0 Å². The van der Waals surface area contributed by atoms with Gasteiger partial charge in [0.05, 0.1) is 4.47 Å². The summed E-state index contributed by atoms with van der Waals surface area (Å²) in [6.45, 7) is 6.57. The van der Waals surface area contributed by atoms with Crippen LogP contribution in [0, 0.1) is 5.92 Å². The van der Waals surface area contributed by atoms with E-state index in [2.05, 4.69) is 34.7 Å². The standard InChI is InChI=1S/C14H20BrNO/c1-10(2)13-7-4-8-16(13)9-11-5-3-6-12(15)14(11)17/h3,5-6,10,13,17H,4,7-9H2,1-2H3. The van der Waals surface area contributed by atoms with Crippen molar-refractivity contribution in [2.24, 2.45) is 5.92 Å². The number of benzene rings is 1. The second-order valence-electron chi connectivity index (χ2n) is 5.17. The first-order chi connectivity index (χ1) is 8.09. The quantitative estimate of drug-likeness (QED) is 0.918. The van der Waals surface area contributed by atoms with Crippen LogP contribution in [0.2, 0.25) is 0 Å². The van der Waals surface area contributed by atoms with Crippen molar-refractivity contribution in [3.63, 3.8) is 0 Å². The van der Waals surface area contributed by atoms with Gasteiger partial charge in [0.15, 0.2) is 0 Å². The summed E-state index contributed by atoms with van der Waals surface area (Å²) < 4.78 is 0.787. The van der Waals surface area contributed by atoms with E-state index >= 15 is 0 Å². The van der Waals surface area contributed by atoms with Crippen LogP contribution in [0.1, 0.15) is 32.3 Å². The first-order valence-corrected chi connectivity index (χ1v) is 7.09. The van der Waals surface area contributed by atoms with E-state index in [4.69, 9.17) is 0 Å². The Morgan fingerprint density at radius 2 is 2.24 bits per heavy atom. The molecule has 1 aromatic carbocycles. The molecule has 1 heterocycles. The third kappa shape index (κ3) is 2.83. The largest absolute Gasteiger partial charge is 0.506 e. The molecule has 1 atom stereocenters. The van der Waals surface area contributed by atoms with E-state index in [-0.39, 0.29) is 0 Å². The van der Waals surface area contributed by atoms with Crippen molar-refractivity contribution in [3.8, 4) is 5.75 Å². The smallest absolute Gasteiger partial charge is 0.134 e. The Morgan fingerprint density at radius 1 is 1.47 bits per heavy atom. The molecule has 1 aliphatic heterocycles. The summed E-state index contributed by atoms with van der Waals surface area (Å²) in [5.74, 6) is 1.08. The minimum atomic E-state index is 0.391. The molecule has 0 aromatic heterocycles. The highest BCUT2D eigenvalue weighted by Gasteiger charge is 2.27. The van der Waals surface area contributed by atoms with Gasteiger partial charge in [-0.05, 0) is 47.3 Å². The summed E-state index contributed by atoms with van der Waals surface area (Å²) >= 11 is 3.37. The third-order valence-corrected chi connectivity index (χ3v) is 4.27. The molecular formula is C14H20BrNO. The molecule has 1 fully saturated rings. The van der Waals surface area contributed by atoms with Crippen molar-refractivity contribution in [2.45, 2.75) is 39.3 Å². The lowest BCUT2D eigenvalue weighted by molar-refractivity contribution is 0.197. The monoisotopic (exact) mass is 297 g/mol. The van der Waals surface area contributed by atoms with Crippen LogP contribution >= 0.6 is 15.9 Å². The maximum Gasteiger partial charge on any atom is 0.134 e. The summed E-state index contributed by atoms with van der Waals surface area (Å²) in [6, 6.07) is 6.53. The molecule has 94 valence electrons. The SMILES string of the molecule is CC(C)C1CCCN1Cc1cccc(Br)c1O. The van der Waals surface area contributed by atoms with Crippen LogP contribution in [-0.2, 0) is 6.54 Å². The second-order valence-corrected chi connectivity index (χ2v) is 6.03. The molecule has 0 amide bonds.